The van der Waals surface area contributed by atoms with Gasteiger partial charge in [-0.3, -0.25) is 0 Å². The van der Waals surface area contributed by atoms with E-state index in [2.05, 4.69) is 0 Å². The Bertz CT molecular complexity index is 2440. The Morgan fingerprint density at radius 1 is 0.321 bits per heavy atom. The van der Waals surface area contributed by atoms with Crippen LogP contribution < -0.4 is 32.9 Å². The van der Waals surface area contributed by atoms with E-state index in [1.807, 2.05) is 146 Å². The number of aromatic nitrogens is 4. The Labute approximate surface area is 316 Å². The molecular weight excluding hydrogens is 695 g/mol. The molecule has 8 bridgehead atoms. The van der Waals surface area contributed by atoms with Crippen molar-refractivity contribution in [3.05, 3.63) is 144 Å². The monoisotopic (exact) mass is 727 g/mol. The zero-order valence-electron chi connectivity index (χ0n) is 28.3. The van der Waals surface area contributed by atoms with Gasteiger partial charge in [0.2, 0.25) is 0 Å². The maximum atomic E-state index is 6.65. The minimum Gasteiger partial charge on any atom is -0.657 e. The van der Waals surface area contributed by atoms with Crippen molar-refractivity contribution >= 4 is 69.1 Å². The first-order chi connectivity index (χ1) is 25.4. The number of nitrogens with zero attached hydrogens (tertiary/aromatic N) is 4. The second-order valence-corrected chi connectivity index (χ2v) is 12.7. The van der Waals surface area contributed by atoms with Gasteiger partial charge in [-0.2, -0.15) is 0 Å². The van der Waals surface area contributed by atoms with Gasteiger partial charge in [0.05, 0.1) is 22.8 Å². The van der Waals surface area contributed by atoms with Crippen LogP contribution in [0.3, 0.4) is 0 Å². The van der Waals surface area contributed by atoms with E-state index in [0.29, 0.717) is 67.6 Å². The first-order valence-corrected chi connectivity index (χ1v) is 16.9. The van der Waals surface area contributed by atoms with E-state index in [-0.39, 0.29) is 17.1 Å². The maximum Gasteiger partial charge on any atom is 2.00 e. The molecule has 1 radical (unpaired) electrons. The fourth-order valence-electron chi connectivity index (χ4n) is 7.09. The van der Waals surface area contributed by atoms with Crippen molar-refractivity contribution in [3.63, 3.8) is 0 Å². The molecule has 5 heterocycles. The van der Waals surface area contributed by atoms with Crippen molar-refractivity contribution in [1.82, 2.24) is 19.9 Å². The van der Waals surface area contributed by atoms with Crippen LogP contribution in [0.15, 0.2) is 121 Å². The van der Waals surface area contributed by atoms with Gasteiger partial charge in [0.25, 0.3) is 0 Å². The number of hydrogen-bond acceptors (Lipinski definition) is 6. The van der Waals surface area contributed by atoms with Gasteiger partial charge in [-0.05, 0) is 70.8 Å². The van der Waals surface area contributed by atoms with Gasteiger partial charge in [-0.25, -0.2) is 9.97 Å². The number of nitrogens with two attached hydrogens (primary N) is 4. The van der Waals surface area contributed by atoms with Gasteiger partial charge in [-0.1, -0.05) is 97.1 Å². The van der Waals surface area contributed by atoms with Gasteiger partial charge in [0.1, 0.15) is 0 Å². The van der Waals surface area contributed by atoms with Crippen molar-refractivity contribution < 1.29 is 17.1 Å². The maximum absolute atomic E-state index is 6.65. The van der Waals surface area contributed by atoms with Crippen LogP contribution >= 0.6 is 0 Å². The summed E-state index contributed by atoms with van der Waals surface area (Å²) in [5.41, 5.74) is 41.2. The topological polar surface area (TPSA) is 158 Å². The van der Waals surface area contributed by atoms with E-state index in [1.165, 1.54) is 0 Å². The van der Waals surface area contributed by atoms with Crippen LogP contribution in [0, 0.1) is 0 Å². The fraction of sp³-hybridized carbons (Fsp3) is 0. The average molecular weight is 728 g/mol. The molecule has 0 aliphatic carbocycles. The minimum absolute atomic E-state index is 0. The average Bonchev–Trinajstić information content (AvgIpc) is 3.99. The molecule has 0 atom stereocenters. The third-order valence-electron chi connectivity index (χ3n) is 9.53. The minimum atomic E-state index is 0. The number of fused-ring (bicyclic) bond motifs is 8. The van der Waals surface area contributed by atoms with Gasteiger partial charge < -0.3 is 32.9 Å². The van der Waals surface area contributed by atoms with Gasteiger partial charge >= 0.3 is 17.1 Å². The Hall–Kier alpha value is -6.80. The predicted octanol–water partition coefficient (Wildman–Crippen LogP) is 8.91. The summed E-state index contributed by atoms with van der Waals surface area (Å²) in [6.07, 6.45) is 8.00. The SMILES string of the molecule is Nc1ccccc1-c1c2nc(c(-c3ccccc3N)c3ccc([n-]3)c(-c3ccccc3N)c3nc(c(-c4ccccc4N)c4ccc1[n-]4)C=C3)C=C2.[Mn+2]. The molecule has 2 aliphatic heterocycles. The first kappa shape index (κ1) is 33.3. The third-order valence-corrected chi connectivity index (χ3v) is 9.53. The van der Waals surface area contributed by atoms with Crippen molar-refractivity contribution in [3.8, 4) is 44.5 Å². The normalized spacial score (nSPS) is 11.8. The summed E-state index contributed by atoms with van der Waals surface area (Å²) in [7, 11) is 0. The van der Waals surface area contributed by atoms with Crippen molar-refractivity contribution in [2.24, 2.45) is 0 Å². The Kier molecular flexibility index (Phi) is 8.43. The van der Waals surface area contributed by atoms with Crippen LogP contribution in [0.2, 0.25) is 0 Å². The molecule has 3 aromatic heterocycles. The van der Waals surface area contributed by atoms with Crippen LogP contribution in [0.4, 0.5) is 22.7 Å². The molecule has 255 valence electrons. The van der Waals surface area contributed by atoms with E-state index in [4.69, 9.17) is 42.9 Å². The van der Waals surface area contributed by atoms with Crippen LogP contribution in [0.25, 0.3) is 90.9 Å². The Morgan fingerprint density at radius 2 is 0.547 bits per heavy atom. The number of para-hydroxylation sites is 4. The molecule has 9 heteroatoms. The third kappa shape index (κ3) is 5.74. The summed E-state index contributed by atoms with van der Waals surface area (Å²) in [5.74, 6) is 0. The van der Waals surface area contributed by atoms with Crippen LogP contribution in [0.5, 0.6) is 0 Å². The zero-order valence-corrected chi connectivity index (χ0v) is 29.5. The second-order valence-electron chi connectivity index (χ2n) is 12.7. The molecule has 8 N–H and O–H groups in total. The molecule has 0 unspecified atom stereocenters. The molecule has 0 amide bonds. The van der Waals surface area contributed by atoms with Crippen molar-refractivity contribution in [1.29, 1.82) is 0 Å². The standard InChI is InChI=1S/C44H32N8.Mn/c45-29-13-5-1-9-25(29)41-33-17-19-35(49-33)42(26-10-2-6-14-30(26)46)37-21-23-39(51-37)44(28-12-4-8-16-32(28)48)40-24-22-38(52-40)43(36-20-18-34(41)50-36)27-11-3-7-15-31(27)47;/h1-24H,45-48H2;/q-2;+2. The van der Waals surface area contributed by atoms with Crippen LogP contribution in [0.1, 0.15) is 22.8 Å². The van der Waals surface area contributed by atoms with Crippen molar-refractivity contribution in [2.75, 3.05) is 22.9 Å². The smallest absolute Gasteiger partial charge is 0.657 e. The van der Waals surface area contributed by atoms with Crippen molar-refractivity contribution in [2.45, 2.75) is 0 Å². The molecule has 0 fully saturated rings. The quantitative estimate of drug-likeness (QED) is 0.103. The Balaban J connectivity index is 0.00000400. The van der Waals surface area contributed by atoms with E-state index >= 15 is 0 Å². The molecule has 0 saturated heterocycles. The Morgan fingerprint density at radius 3 is 0.774 bits per heavy atom. The number of rotatable bonds is 4. The van der Waals surface area contributed by atoms with Gasteiger partial charge in [0.15, 0.2) is 0 Å². The van der Waals surface area contributed by atoms with E-state index < -0.39 is 0 Å². The summed E-state index contributed by atoms with van der Waals surface area (Å²) in [6.45, 7) is 0. The molecule has 0 spiro atoms. The molecule has 7 aromatic rings. The first-order valence-electron chi connectivity index (χ1n) is 16.9. The number of benzene rings is 4. The van der Waals surface area contributed by atoms with Crippen LogP contribution in [-0.4, -0.2) is 9.97 Å². The van der Waals surface area contributed by atoms with E-state index in [9.17, 15) is 0 Å². The zero-order chi connectivity index (χ0) is 35.3. The number of nitrogen functional groups attached to an aromatic ring is 4. The number of hydrogen-bond donors (Lipinski definition) is 4. The fourth-order valence-corrected chi connectivity index (χ4v) is 7.09. The molecular formula is C44H32MnN8. The van der Waals surface area contributed by atoms with Crippen LogP contribution in [-0.2, 0) is 17.1 Å². The summed E-state index contributed by atoms with van der Waals surface area (Å²) >= 11 is 0. The summed E-state index contributed by atoms with van der Waals surface area (Å²) in [5, 5.41) is 0. The summed E-state index contributed by atoms with van der Waals surface area (Å²) in [4.78, 5) is 21.1. The predicted molar refractivity (Wildman–Crippen MR) is 216 cm³/mol. The summed E-state index contributed by atoms with van der Waals surface area (Å²) < 4.78 is 0. The van der Waals surface area contributed by atoms with Gasteiger partial charge in [-0.15, -0.1) is 22.1 Å². The number of anilines is 4. The molecule has 4 aromatic carbocycles. The second kappa shape index (κ2) is 13.4. The molecule has 9 rings (SSSR count). The summed E-state index contributed by atoms with van der Waals surface area (Å²) in [6, 6.07) is 39.1. The van der Waals surface area contributed by atoms with E-state index in [1.54, 1.807) is 0 Å². The van der Waals surface area contributed by atoms with Gasteiger partial charge in [0, 0.05) is 45.0 Å². The largest absolute Gasteiger partial charge is 2.00 e. The molecule has 0 saturated carbocycles. The molecule has 2 aliphatic rings. The molecule has 8 nitrogen and oxygen atoms in total. The van der Waals surface area contributed by atoms with E-state index in [0.717, 1.165) is 44.5 Å². The molecule has 53 heavy (non-hydrogen) atoms.